The summed E-state index contributed by atoms with van der Waals surface area (Å²) in [4.78, 5) is 4.67. The molecule has 1 fully saturated rings. The zero-order valence-electron chi connectivity index (χ0n) is 11.9. The van der Waals surface area contributed by atoms with E-state index in [0.29, 0.717) is 6.61 Å². The molecule has 110 valence electrons. The van der Waals surface area contributed by atoms with Crippen LogP contribution in [0.1, 0.15) is 48.4 Å². The minimum atomic E-state index is 0.202. The Hall–Kier alpha value is -1.88. The lowest BCUT2D eigenvalue weighted by Crippen LogP contribution is -2.18. The second kappa shape index (κ2) is 5.48. The highest BCUT2D eigenvalue weighted by Crippen LogP contribution is 2.36. The molecule has 2 atom stereocenters. The largest absolute Gasteiger partial charge is 0.385 e. The molecule has 3 heterocycles. The van der Waals surface area contributed by atoms with E-state index in [-0.39, 0.29) is 11.8 Å². The average molecular weight is 285 g/mol. The molecule has 0 radical (unpaired) electrons. The lowest BCUT2D eigenvalue weighted by Gasteiger charge is -2.24. The first-order valence-electron chi connectivity index (χ1n) is 7.66. The number of hydrogen-bond donors (Lipinski definition) is 1. The lowest BCUT2D eigenvalue weighted by atomic mass is 9.91. The van der Waals surface area contributed by atoms with Gasteiger partial charge in [0.25, 0.3) is 0 Å². The van der Waals surface area contributed by atoms with Crippen molar-refractivity contribution in [3.05, 3.63) is 41.5 Å². The molecule has 1 saturated heterocycles. The number of fused-ring (bicyclic) bond motifs is 1. The van der Waals surface area contributed by atoms with Crippen molar-refractivity contribution in [1.82, 2.24) is 10.1 Å². The van der Waals surface area contributed by atoms with Gasteiger partial charge in [0, 0.05) is 24.8 Å². The van der Waals surface area contributed by atoms with Crippen molar-refractivity contribution >= 4 is 5.69 Å². The highest BCUT2D eigenvalue weighted by atomic mass is 16.5. The van der Waals surface area contributed by atoms with Crippen molar-refractivity contribution in [3.63, 3.8) is 0 Å². The number of benzene rings is 1. The van der Waals surface area contributed by atoms with Crippen LogP contribution in [0, 0.1) is 0 Å². The van der Waals surface area contributed by atoms with E-state index in [1.165, 1.54) is 11.3 Å². The lowest BCUT2D eigenvalue weighted by molar-refractivity contribution is 0.0773. The maximum absolute atomic E-state index is 5.57. The number of aromatic nitrogens is 2. The van der Waals surface area contributed by atoms with Gasteiger partial charge in [-0.2, -0.15) is 4.98 Å². The van der Waals surface area contributed by atoms with E-state index in [9.17, 15) is 0 Å². The summed E-state index contributed by atoms with van der Waals surface area (Å²) in [6.45, 7) is 2.50. The Morgan fingerprint density at radius 2 is 2.14 bits per heavy atom. The second-order valence-electron chi connectivity index (χ2n) is 5.76. The summed E-state index contributed by atoms with van der Waals surface area (Å²) in [5, 5.41) is 7.62. The van der Waals surface area contributed by atoms with Crippen LogP contribution < -0.4 is 5.32 Å². The van der Waals surface area contributed by atoms with Gasteiger partial charge in [-0.05, 0) is 30.9 Å². The van der Waals surface area contributed by atoms with Gasteiger partial charge in [0.1, 0.15) is 0 Å². The number of rotatable bonds is 2. The smallest absolute Gasteiger partial charge is 0.234 e. The molecule has 0 amide bonds. The third-order valence-corrected chi connectivity index (χ3v) is 4.37. The minimum Gasteiger partial charge on any atom is -0.385 e. The van der Waals surface area contributed by atoms with E-state index in [1.54, 1.807) is 0 Å². The van der Waals surface area contributed by atoms with Crippen LogP contribution in [0.25, 0.3) is 0 Å². The zero-order valence-corrected chi connectivity index (χ0v) is 11.9. The topological polar surface area (TPSA) is 60.2 Å². The fraction of sp³-hybridized carbons (Fsp3) is 0.500. The number of ether oxygens (including phenoxy) is 1. The second-order valence-corrected chi connectivity index (χ2v) is 5.76. The van der Waals surface area contributed by atoms with E-state index in [1.807, 2.05) is 6.07 Å². The van der Waals surface area contributed by atoms with Crippen molar-refractivity contribution in [2.45, 2.75) is 31.1 Å². The van der Waals surface area contributed by atoms with Gasteiger partial charge in [-0.25, -0.2) is 0 Å². The number of para-hydroxylation sites is 1. The molecular weight excluding hydrogens is 266 g/mol. The van der Waals surface area contributed by atoms with E-state index in [2.05, 4.69) is 33.7 Å². The monoisotopic (exact) mass is 285 g/mol. The van der Waals surface area contributed by atoms with Gasteiger partial charge >= 0.3 is 0 Å². The van der Waals surface area contributed by atoms with E-state index < -0.39 is 0 Å². The van der Waals surface area contributed by atoms with Gasteiger partial charge in [-0.15, -0.1) is 0 Å². The first kappa shape index (κ1) is 12.8. The van der Waals surface area contributed by atoms with Gasteiger partial charge in [0.15, 0.2) is 5.82 Å². The molecule has 1 aromatic carbocycles. The van der Waals surface area contributed by atoms with Crippen LogP contribution in [0.2, 0.25) is 0 Å². The van der Waals surface area contributed by atoms with Crippen LogP contribution in [0.4, 0.5) is 5.69 Å². The molecule has 0 bridgehead atoms. The molecule has 2 aliphatic rings. The average Bonchev–Trinajstić information content (AvgIpc) is 3.05. The van der Waals surface area contributed by atoms with Crippen molar-refractivity contribution in [2.24, 2.45) is 0 Å². The summed E-state index contributed by atoms with van der Waals surface area (Å²) in [5.74, 6) is 2.03. The Labute approximate surface area is 123 Å². The molecule has 21 heavy (non-hydrogen) atoms. The van der Waals surface area contributed by atoms with E-state index in [4.69, 9.17) is 9.26 Å². The molecule has 0 aliphatic carbocycles. The van der Waals surface area contributed by atoms with Crippen molar-refractivity contribution in [3.8, 4) is 0 Å². The highest BCUT2D eigenvalue weighted by Gasteiger charge is 2.28. The SMILES string of the molecule is c1ccc2c(c1)NCCC2c1nc(C2CCCOC2)no1. The molecule has 2 aromatic rings. The third-order valence-electron chi connectivity index (χ3n) is 4.37. The van der Waals surface area contributed by atoms with Gasteiger partial charge < -0.3 is 14.6 Å². The van der Waals surface area contributed by atoms with Gasteiger partial charge in [-0.3, -0.25) is 0 Å². The fourth-order valence-corrected chi connectivity index (χ4v) is 3.22. The highest BCUT2D eigenvalue weighted by molar-refractivity contribution is 5.56. The summed E-state index contributed by atoms with van der Waals surface area (Å²) in [5.41, 5.74) is 2.42. The summed E-state index contributed by atoms with van der Waals surface area (Å²) in [6, 6.07) is 8.35. The first-order chi connectivity index (χ1) is 10.4. The molecule has 0 saturated carbocycles. The van der Waals surface area contributed by atoms with Crippen LogP contribution in [-0.2, 0) is 4.74 Å². The zero-order chi connectivity index (χ0) is 14.1. The standard InChI is InChI=1S/C16H19N3O2/c1-2-6-14-12(5-1)13(7-8-17-14)16-18-15(19-21-16)11-4-3-9-20-10-11/h1-2,5-6,11,13,17H,3-4,7-10H2. The van der Waals surface area contributed by atoms with Gasteiger partial charge in [0.05, 0.1) is 12.5 Å². The molecule has 2 aliphatic heterocycles. The predicted octanol–water partition coefficient (Wildman–Crippen LogP) is 2.91. The molecule has 1 aromatic heterocycles. The number of nitrogens with zero attached hydrogens (tertiary/aromatic N) is 2. The Balaban J connectivity index is 1.61. The summed E-state index contributed by atoms with van der Waals surface area (Å²) < 4.78 is 11.1. The third kappa shape index (κ3) is 2.42. The molecule has 2 unspecified atom stereocenters. The quantitative estimate of drug-likeness (QED) is 0.919. The van der Waals surface area contributed by atoms with Crippen LogP contribution in [0.5, 0.6) is 0 Å². The van der Waals surface area contributed by atoms with Crippen molar-refractivity contribution in [1.29, 1.82) is 0 Å². The minimum absolute atomic E-state index is 0.202. The fourth-order valence-electron chi connectivity index (χ4n) is 3.22. The normalized spacial score (nSPS) is 25.1. The maximum Gasteiger partial charge on any atom is 0.234 e. The Morgan fingerprint density at radius 1 is 1.19 bits per heavy atom. The summed E-state index contributed by atoms with van der Waals surface area (Å²) >= 11 is 0. The Bertz CT molecular complexity index is 619. The maximum atomic E-state index is 5.57. The predicted molar refractivity (Wildman–Crippen MR) is 78.5 cm³/mol. The van der Waals surface area contributed by atoms with Gasteiger partial charge in [0.2, 0.25) is 5.89 Å². The van der Waals surface area contributed by atoms with Crippen LogP contribution >= 0.6 is 0 Å². The molecule has 5 heteroatoms. The van der Waals surface area contributed by atoms with Crippen molar-refractivity contribution < 1.29 is 9.26 Å². The molecular formula is C16H19N3O2. The Kier molecular flexibility index (Phi) is 3.35. The van der Waals surface area contributed by atoms with E-state index >= 15 is 0 Å². The van der Waals surface area contributed by atoms with Crippen molar-refractivity contribution in [2.75, 3.05) is 25.1 Å². The summed E-state index contributed by atoms with van der Waals surface area (Å²) in [7, 11) is 0. The number of anilines is 1. The van der Waals surface area contributed by atoms with Gasteiger partial charge in [-0.1, -0.05) is 23.4 Å². The number of hydrogen-bond acceptors (Lipinski definition) is 5. The molecule has 1 N–H and O–H groups in total. The van der Waals surface area contributed by atoms with Crippen LogP contribution in [-0.4, -0.2) is 29.9 Å². The first-order valence-corrected chi connectivity index (χ1v) is 7.66. The van der Waals surface area contributed by atoms with Crippen LogP contribution in [0.3, 0.4) is 0 Å². The number of nitrogens with one attached hydrogen (secondary N) is 1. The molecule has 0 spiro atoms. The van der Waals surface area contributed by atoms with E-state index in [0.717, 1.165) is 44.1 Å². The van der Waals surface area contributed by atoms with Crippen LogP contribution in [0.15, 0.2) is 28.8 Å². The summed E-state index contributed by atoms with van der Waals surface area (Å²) in [6.07, 6.45) is 3.15. The Morgan fingerprint density at radius 3 is 3.05 bits per heavy atom. The molecule has 4 rings (SSSR count). The molecule has 5 nitrogen and oxygen atoms in total.